The van der Waals surface area contributed by atoms with Crippen molar-refractivity contribution in [3.05, 3.63) is 101 Å². The number of rotatable bonds is 3. The van der Waals surface area contributed by atoms with E-state index in [-0.39, 0.29) is 0 Å². The van der Waals surface area contributed by atoms with E-state index >= 15 is 0 Å². The minimum Gasteiger partial charge on any atom is -0.248 e. The Bertz CT molecular complexity index is 909. The molecule has 0 aliphatic rings. The Morgan fingerprint density at radius 3 is 1.37 bits per heavy atom. The molecule has 0 saturated carbocycles. The van der Waals surface area contributed by atoms with E-state index in [0.29, 0.717) is 0 Å². The third-order valence-electron chi connectivity index (χ3n) is 4.70. The Morgan fingerprint density at radius 2 is 0.926 bits per heavy atom. The maximum Gasteiger partial charge on any atom is 0.0715 e. The van der Waals surface area contributed by atoms with Gasteiger partial charge in [-0.2, -0.15) is 0 Å². The molecule has 1 aromatic heterocycles. The molecule has 27 heavy (non-hydrogen) atoms. The Morgan fingerprint density at radius 1 is 0.519 bits per heavy atom. The number of aromatic nitrogens is 1. The van der Waals surface area contributed by atoms with E-state index in [0.717, 1.165) is 27.0 Å². The highest BCUT2D eigenvalue weighted by Crippen LogP contribution is 2.31. The summed E-state index contributed by atoms with van der Waals surface area (Å²) in [6, 6.07) is 29.9. The fraction of sp³-hybridized carbons (Fsp3) is 0.0800. The van der Waals surface area contributed by atoms with Gasteiger partial charge < -0.3 is 0 Å². The van der Waals surface area contributed by atoms with Crippen LogP contribution in [0.2, 0.25) is 0 Å². The Labute approximate surface area is 168 Å². The van der Waals surface area contributed by atoms with Crippen LogP contribution in [0.5, 0.6) is 0 Å². The summed E-state index contributed by atoms with van der Waals surface area (Å²) in [6.07, 6.45) is 0. The number of hydrogen-bond donors (Lipinski definition) is 0. The molecule has 0 bridgehead atoms. The average Bonchev–Trinajstić information content (AvgIpc) is 2.69. The normalized spacial score (nSPS) is 10.8. The lowest BCUT2D eigenvalue weighted by Gasteiger charge is -2.11. The molecule has 3 aromatic carbocycles. The minimum atomic E-state index is 0.992. The SMILES string of the molecule is Cc1ccc(-c2cc(-c3ccc(Br)cc3)cc(-c3ccc(C)cc3)n2)cc1. The van der Waals surface area contributed by atoms with E-state index in [1.54, 1.807) is 0 Å². The van der Waals surface area contributed by atoms with Gasteiger partial charge in [0.25, 0.3) is 0 Å². The molecule has 1 nitrogen and oxygen atoms in total. The molecule has 0 fully saturated rings. The molecular formula is C25H20BrN. The lowest BCUT2D eigenvalue weighted by atomic mass is 9.99. The molecule has 0 aliphatic heterocycles. The van der Waals surface area contributed by atoms with Crippen LogP contribution in [-0.4, -0.2) is 4.98 Å². The molecule has 1 heterocycles. The van der Waals surface area contributed by atoms with Gasteiger partial charge in [-0.1, -0.05) is 87.7 Å². The summed E-state index contributed by atoms with van der Waals surface area (Å²) >= 11 is 3.52. The first kappa shape index (κ1) is 17.7. The molecule has 0 saturated heterocycles. The van der Waals surface area contributed by atoms with Crippen molar-refractivity contribution in [1.29, 1.82) is 0 Å². The highest BCUT2D eigenvalue weighted by molar-refractivity contribution is 9.10. The molecule has 0 N–H and O–H groups in total. The van der Waals surface area contributed by atoms with Crippen molar-refractivity contribution in [3.8, 4) is 33.6 Å². The summed E-state index contributed by atoms with van der Waals surface area (Å²) in [6.45, 7) is 4.21. The second-order valence-electron chi connectivity index (χ2n) is 6.87. The summed E-state index contributed by atoms with van der Waals surface area (Å²) in [5, 5.41) is 0. The van der Waals surface area contributed by atoms with Crippen molar-refractivity contribution >= 4 is 15.9 Å². The topological polar surface area (TPSA) is 12.9 Å². The van der Waals surface area contributed by atoms with E-state index in [9.17, 15) is 0 Å². The lowest BCUT2D eigenvalue weighted by Crippen LogP contribution is -1.91. The van der Waals surface area contributed by atoms with Crippen LogP contribution in [0.25, 0.3) is 33.6 Å². The zero-order valence-corrected chi connectivity index (χ0v) is 17.0. The third kappa shape index (κ3) is 4.01. The van der Waals surface area contributed by atoms with Crippen LogP contribution in [0.15, 0.2) is 89.4 Å². The number of nitrogens with zero attached hydrogens (tertiary/aromatic N) is 1. The van der Waals surface area contributed by atoms with Crippen molar-refractivity contribution in [3.63, 3.8) is 0 Å². The van der Waals surface area contributed by atoms with Gasteiger partial charge in [0.1, 0.15) is 0 Å². The first-order valence-electron chi connectivity index (χ1n) is 9.00. The highest BCUT2D eigenvalue weighted by Gasteiger charge is 2.09. The van der Waals surface area contributed by atoms with Gasteiger partial charge >= 0.3 is 0 Å². The van der Waals surface area contributed by atoms with Gasteiger partial charge in [0.05, 0.1) is 11.4 Å². The fourth-order valence-corrected chi connectivity index (χ4v) is 3.35. The summed E-state index contributed by atoms with van der Waals surface area (Å²) in [5.74, 6) is 0. The molecule has 2 heteroatoms. The number of pyridine rings is 1. The van der Waals surface area contributed by atoms with Crippen LogP contribution in [0, 0.1) is 13.8 Å². The van der Waals surface area contributed by atoms with Crippen LogP contribution in [0.1, 0.15) is 11.1 Å². The molecule has 0 radical (unpaired) electrons. The van der Waals surface area contributed by atoms with Gasteiger partial charge in [-0.05, 0) is 49.2 Å². The van der Waals surface area contributed by atoms with Crippen molar-refractivity contribution < 1.29 is 0 Å². The van der Waals surface area contributed by atoms with Gasteiger partial charge in [-0.15, -0.1) is 0 Å². The second-order valence-corrected chi connectivity index (χ2v) is 7.78. The van der Waals surface area contributed by atoms with E-state index in [1.807, 2.05) is 0 Å². The van der Waals surface area contributed by atoms with Gasteiger partial charge in [0, 0.05) is 15.6 Å². The van der Waals surface area contributed by atoms with Crippen molar-refractivity contribution in [1.82, 2.24) is 4.98 Å². The average molecular weight is 414 g/mol. The Hall–Kier alpha value is -2.71. The Kier molecular flexibility index (Phi) is 4.91. The molecule has 0 atom stereocenters. The van der Waals surface area contributed by atoms with E-state index in [1.165, 1.54) is 22.3 Å². The predicted molar refractivity (Wildman–Crippen MR) is 118 cm³/mol. The van der Waals surface area contributed by atoms with Crippen LogP contribution in [-0.2, 0) is 0 Å². The van der Waals surface area contributed by atoms with Gasteiger partial charge in [0.15, 0.2) is 0 Å². The van der Waals surface area contributed by atoms with Crippen molar-refractivity contribution in [2.45, 2.75) is 13.8 Å². The van der Waals surface area contributed by atoms with Crippen LogP contribution < -0.4 is 0 Å². The molecule has 0 unspecified atom stereocenters. The second kappa shape index (κ2) is 7.50. The zero-order chi connectivity index (χ0) is 18.8. The maximum atomic E-state index is 4.97. The third-order valence-corrected chi connectivity index (χ3v) is 5.23. The fourth-order valence-electron chi connectivity index (χ4n) is 3.08. The summed E-state index contributed by atoms with van der Waals surface area (Å²) < 4.78 is 1.08. The molecule has 0 amide bonds. The van der Waals surface area contributed by atoms with E-state index in [2.05, 4.69) is 115 Å². The predicted octanol–water partition coefficient (Wildman–Crippen LogP) is 7.46. The van der Waals surface area contributed by atoms with Crippen molar-refractivity contribution in [2.75, 3.05) is 0 Å². The maximum absolute atomic E-state index is 4.97. The smallest absolute Gasteiger partial charge is 0.0715 e. The van der Waals surface area contributed by atoms with Gasteiger partial charge in [-0.25, -0.2) is 4.98 Å². The highest BCUT2D eigenvalue weighted by atomic mass is 79.9. The standard InChI is InChI=1S/C25H20BrN/c1-17-3-7-20(8-4-17)24-15-22(19-11-13-23(26)14-12-19)16-25(27-24)21-9-5-18(2)6-10-21/h3-16H,1-2H3. The summed E-state index contributed by atoms with van der Waals surface area (Å²) in [4.78, 5) is 4.97. The summed E-state index contributed by atoms with van der Waals surface area (Å²) in [7, 11) is 0. The molecule has 0 aliphatic carbocycles. The van der Waals surface area contributed by atoms with E-state index < -0.39 is 0 Å². The van der Waals surface area contributed by atoms with Gasteiger partial charge in [-0.3, -0.25) is 0 Å². The number of halogens is 1. The number of benzene rings is 3. The largest absolute Gasteiger partial charge is 0.248 e. The summed E-state index contributed by atoms with van der Waals surface area (Å²) in [5.41, 5.74) is 9.10. The molecule has 4 rings (SSSR count). The number of hydrogen-bond acceptors (Lipinski definition) is 1. The monoisotopic (exact) mass is 413 g/mol. The van der Waals surface area contributed by atoms with Crippen molar-refractivity contribution in [2.24, 2.45) is 0 Å². The first-order valence-corrected chi connectivity index (χ1v) is 9.80. The number of aryl methyl sites for hydroxylation is 2. The lowest BCUT2D eigenvalue weighted by molar-refractivity contribution is 1.31. The first-order chi connectivity index (χ1) is 13.1. The van der Waals surface area contributed by atoms with Crippen LogP contribution in [0.4, 0.5) is 0 Å². The molecule has 4 aromatic rings. The zero-order valence-electron chi connectivity index (χ0n) is 15.4. The van der Waals surface area contributed by atoms with Crippen LogP contribution >= 0.6 is 15.9 Å². The molecular weight excluding hydrogens is 394 g/mol. The minimum absolute atomic E-state index is 0.992. The molecule has 0 spiro atoms. The Balaban J connectivity index is 1.89. The van der Waals surface area contributed by atoms with Crippen LogP contribution in [0.3, 0.4) is 0 Å². The quantitative estimate of drug-likeness (QED) is 0.339. The van der Waals surface area contributed by atoms with Gasteiger partial charge in [0.2, 0.25) is 0 Å². The molecule has 132 valence electrons. The van der Waals surface area contributed by atoms with E-state index in [4.69, 9.17) is 4.98 Å².